The maximum atomic E-state index is 11.5. The Balaban J connectivity index is 4.87. The van der Waals surface area contributed by atoms with Gasteiger partial charge in [-0.05, 0) is 20.8 Å². The van der Waals surface area contributed by atoms with Gasteiger partial charge in [0.25, 0.3) is 0 Å². The van der Waals surface area contributed by atoms with Crippen LogP contribution < -0.4 is 5.32 Å². The van der Waals surface area contributed by atoms with Crippen molar-refractivity contribution in [1.29, 1.82) is 0 Å². The topological polar surface area (TPSA) is 75.6 Å². The summed E-state index contributed by atoms with van der Waals surface area (Å²) in [5.74, 6) is -1.65. The third kappa shape index (κ3) is 5.02. The molecule has 0 saturated heterocycles. The maximum Gasteiger partial charge on any atom is 0.408 e. The smallest absolute Gasteiger partial charge is 0.408 e. The number of ether oxygens (including phenoxy) is 1. The minimum atomic E-state index is -1.57. The molecule has 0 heterocycles. The largest absolute Gasteiger partial charge is 0.480 e. The summed E-state index contributed by atoms with van der Waals surface area (Å²) >= 11 is 0. The third-order valence-corrected chi connectivity index (χ3v) is 2.41. The van der Waals surface area contributed by atoms with Crippen molar-refractivity contribution >= 4 is 27.8 Å². The van der Waals surface area contributed by atoms with Crippen LogP contribution in [0.4, 0.5) is 4.79 Å². The molecule has 0 bridgehead atoms. The summed E-state index contributed by atoms with van der Waals surface area (Å²) in [5, 5.41) is 9.69. The lowest BCUT2D eigenvalue weighted by atomic mass is 9.45. The molecule has 0 aromatic heterocycles. The fourth-order valence-corrected chi connectivity index (χ4v) is 1.16. The van der Waals surface area contributed by atoms with Crippen LogP contribution >= 0.6 is 0 Å². The number of hydrogen-bond donors (Lipinski definition) is 2. The Labute approximate surface area is 110 Å². The molecule has 0 aliphatic heterocycles. The van der Waals surface area contributed by atoms with Gasteiger partial charge in [-0.15, -0.1) is 0 Å². The summed E-state index contributed by atoms with van der Waals surface area (Å²) in [4.78, 5) is 22.7. The van der Waals surface area contributed by atoms with Crippen LogP contribution in [0.3, 0.4) is 0 Å². The third-order valence-electron chi connectivity index (χ3n) is 2.41. The van der Waals surface area contributed by atoms with Crippen molar-refractivity contribution in [2.24, 2.45) is 5.92 Å². The molecule has 2 N–H and O–H groups in total. The average Bonchev–Trinajstić information content (AvgIpc) is 2.10. The van der Waals surface area contributed by atoms with E-state index in [2.05, 4.69) is 5.32 Å². The van der Waals surface area contributed by atoms with Crippen molar-refractivity contribution in [3.05, 3.63) is 0 Å². The normalized spacial score (nSPS) is 14.1. The van der Waals surface area contributed by atoms with Crippen LogP contribution in [0, 0.1) is 5.92 Å². The second kappa shape index (κ2) is 5.67. The van der Waals surface area contributed by atoms with E-state index in [0.717, 1.165) is 0 Å². The summed E-state index contributed by atoms with van der Waals surface area (Å²) < 4.78 is 4.97. The molecule has 18 heavy (non-hydrogen) atoms. The number of nitrogens with one attached hydrogen (secondary N) is 1. The predicted octanol–water partition coefficient (Wildman–Crippen LogP) is 1.07. The number of amides is 1. The van der Waals surface area contributed by atoms with E-state index in [-0.39, 0.29) is 5.92 Å². The van der Waals surface area contributed by atoms with Gasteiger partial charge in [0.15, 0.2) is 0 Å². The lowest BCUT2D eigenvalue weighted by Gasteiger charge is -2.37. The van der Waals surface area contributed by atoms with Crippen LogP contribution in [0.5, 0.6) is 0 Å². The highest BCUT2D eigenvalue weighted by Gasteiger charge is 2.38. The summed E-state index contributed by atoms with van der Waals surface area (Å²) in [7, 11) is 11.5. The van der Waals surface area contributed by atoms with Crippen molar-refractivity contribution in [1.82, 2.24) is 5.32 Å². The molecular weight excluding hydrogens is 232 g/mol. The maximum absolute atomic E-state index is 11.5. The second-order valence-corrected chi connectivity index (χ2v) is 5.57. The molecule has 0 aromatic rings. The quantitative estimate of drug-likeness (QED) is 0.732. The molecule has 0 saturated carbocycles. The Morgan fingerprint density at radius 2 is 1.67 bits per heavy atom. The van der Waals surface area contributed by atoms with Gasteiger partial charge in [-0.1, -0.05) is 25.0 Å². The minimum Gasteiger partial charge on any atom is -0.480 e. The molecule has 7 heteroatoms. The van der Waals surface area contributed by atoms with Crippen molar-refractivity contribution < 1.29 is 19.4 Å². The molecule has 0 aliphatic carbocycles. The van der Waals surface area contributed by atoms with Crippen molar-refractivity contribution in [2.75, 3.05) is 0 Å². The van der Waals surface area contributed by atoms with E-state index < -0.39 is 28.9 Å². The zero-order chi connectivity index (χ0) is 14.7. The Hall–Kier alpha value is -1.13. The minimum absolute atomic E-state index is 0.339. The van der Waals surface area contributed by atoms with E-state index in [0.29, 0.717) is 0 Å². The van der Waals surface area contributed by atoms with Crippen molar-refractivity contribution in [3.8, 4) is 0 Å². The number of aliphatic carboxylic acids is 1. The molecule has 0 spiro atoms. The van der Waals surface area contributed by atoms with E-state index in [4.69, 9.17) is 25.5 Å². The van der Waals surface area contributed by atoms with Gasteiger partial charge >= 0.3 is 12.1 Å². The highest BCUT2D eigenvalue weighted by molar-refractivity contribution is 6.42. The molecule has 1 amide bonds. The average molecular weight is 251 g/mol. The molecule has 0 aliphatic rings. The number of rotatable bonds is 4. The van der Waals surface area contributed by atoms with Gasteiger partial charge in [-0.25, -0.2) is 4.79 Å². The predicted molar refractivity (Wildman–Crippen MR) is 69.8 cm³/mol. The van der Waals surface area contributed by atoms with Crippen LogP contribution in [0.1, 0.15) is 34.6 Å². The van der Waals surface area contributed by atoms with Gasteiger partial charge in [0.2, 0.25) is 0 Å². The van der Waals surface area contributed by atoms with Crippen molar-refractivity contribution in [3.63, 3.8) is 0 Å². The molecule has 0 aromatic carbocycles. The van der Waals surface area contributed by atoms with Gasteiger partial charge in [-0.2, -0.15) is 0 Å². The van der Waals surface area contributed by atoms with Gasteiger partial charge in [0.05, 0.1) is 15.7 Å². The summed E-state index contributed by atoms with van der Waals surface area (Å²) in [6, 6.07) is -1.42. The molecule has 0 fully saturated rings. The Morgan fingerprint density at radius 3 is 1.94 bits per heavy atom. The van der Waals surface area contributed by atoms with Gasteiger partial charge in [0.1, 0.15) is 11.6 Å². The lowest BCUT2D eigenvalue weighted by Crippen LogP contribution is -2.52. The van der Waals surface area contributed by atoms with E-state index in [9.17, 15) is 9.59 Å². The number of hydrogen-bond acceptors (Lipinski definition) is 3. The van der Waals surface area contributed by atoms with Gasteiger partial charge in [0, 0.05) is 0 Å². The molecule has 98 valence electrons. The number of carboxylic acid groups (broad SMARTS) is 1. The van der Waals surface area contributed by atoms with E-state index in [1.165, 1.54) is 0 Å². The second-order valence-electron chi connectivity index (χ2n) is 5.57. The zero-order valence-electron chi connectivity index (χ0n) is 11.5. The van der Waals surface area contributed by atoms with E-state index >= 15 is 0 Å². The Bertz CT molecular complexity index is 323. The molecule has 1 atom stereocenters. The molecule has 0 unspecified atom stereocenters. The Morgan fingerprint density at radius 1 is 1.22 bits per heavy atom. The van der Waals surface area contributed by atoms with Gasteiger partial charge in [-0.3, -0.25) is 4.79 Å². The number of carboxylic acids is 1. The monoisotopic (exact) mass is 251 g/mol. The van der Waals surface area contributed by atoms with E-state index in [1.807, 2.05) is 0 Å². The Kier molecular flexibility index (Phi) is 5.32. The molecule has 4 radical (unpaired) electrons. The fourth-order valence-electron chi connectivity index (χ4n) is 1.16. The standard InChI is InChI=1S/C11H19B2NO4/c1-6(2)11(12,13)7(8(15)16)14-9(17)18-10(3,4)5/h6-7H,1-5H3,(H,14,17)(H,15,16)/t7-/m1/s1. The summed E-state index contributed by atoms with van der Waals surface area (Å²) in [6.45, 7) is 8.36. The highest BCUT2D eigenvalue weighted by Crippen LogP contribution is 2.31. The van der Waals surface area contributed by atoms with Crippen LogP contribution in [-0.2, 0) is 9.53 Å². The first kappa shape index (κ1) is 16.9. The van der Waals surface area contributed by atoms with Crippen LogP contribution in [0.15, 0.2) is 0 Å². The zero-order valence-corrected chi connectivity index (χ0v) is 11.5. The van der Waals surface area contributed by atoms with Crippen molar-refractivity contribution in [2.45, 2.75) is 51.5 Å². The summed E-state index contributed by atoms with van der Waals surface area (Å²) in [6.07, 6.45) is -0.865. The first-order valence-corrected chi connectivity index (χ1v) is 5.68. The first-order valence-electron chi connectivity index (χ1n) is 5.68. The molecule has 5 nitrogen and oxygen atoms in total. The van der Waals surface area contributed by atoms with Crippen LogP contribution in [0.2, 0.25) is 5.21 Å². The number of alkyl carbamates (subject to hydrolysis) is 1. The molecule has 0 rings (SSSR count). The number of carbonyl (C=O) groups is 2. The summed E-state index contributed by atoms with van der Waals surface area (Å²) in [5.41, 5.74) is -0.725. The molecular formula is C11H19B2NO4. The SMILES string of the molecule is [B]C([B])(C(C)C)[C@H](NC(=O)OC(C)(C)C)C(=O)O. The fraction of sp³-hybridized carbons (Fsp3) is 0.818. The lowest BCUT2D eigenvalue weighted by molar-refractivity contribution is -0.140. The van der Waals surface area contributed by atoms with Crippen LogP contribution in [0.25, 0.3) is 0 Å². The van der Waals surface area contributed by atoms with E-state index in [1.54, 1.807) is 34.6 Å². The van der Waals surface area contributed by atoms with Gasteiger partial charge < -0.3 is 15.2 Å². The highest BCUT2D eigenvalue weighted by atomic mass is 16.6. The first-order chi connectivity index (χ1) is 7.88. The number of carbonyl (C=O) groups excluding carboxylic acids is 1. The van der Waals surface area contributed by atoms with Crippen LogP contribution in [-0.4, -0.2) is 44.5 Å².